The molecule has 0 unspecified atom stereocenters. The first kappa shape index (κ1) is 12.1. The zero-order valence-electron chi connectivity index (χ0n) is 9.24. The van der Waals surface area contributed by atoms with Crippen LogP contribution in [-0.2, 0) is 11.2 Å². The predicted molar refractivity (Wildman–Crippen MR) is 70.6 cm³/mol. The van der Waals surface area contributed by atoms with Crippen molar-refractivity contribution in [2.45, 2.75) is 13.3 Å². The summed E-state index contributed by atoms with van der Waals surface area (Å²) >= 11 is 7.44. The number of para-hydroxylation sites is 1. The van der Waals surface area contributed by atoms with Crippen LogP contribution < -0.4 is 5.32 Å². The average Bonchev–Trinajstić information content (AvgIpc) is 2.68. The van der Waals surface area contributed by atoms with Crippen LogP contribution in [0.15, 0.2) is 29.8 Å². The van der Waals surface area contributed by atoms with Crippen LogP contribution in [0.3, 0.4) is 0 Å². The third-order valence-corrected chi connectivity index (χ3v) is 3.58. The molecule has 0 spiro atoms. The van der Waals surface area contributed by atoms with Crippen molar-refractivity contribution in [1.29, 1.82) is 0 Å². The summed E-state index contributed by atoms with van der Waals surface area (Å²) in [7, 11) is 0. The highest BCUT2D eigenvalue weighted by atomic mass is 35.5. The third kappa shape index (κ3) is 3.05. The fraction of sp³-hybridized carbons (Fsp3) is 0.167. The number of amides is 1. The van der Waals surface area contributed by atoms with Gasteiger partial charge >= 0.3 is 0 Å². The van der Waals surface area contributed by atoms with Gasteiger partial charge in [0.25, 0.3) is 0 Å². The van der Waals surface area contributed by atoms with Gasteiger partial charge in [-0.2, -0.15) is 0 Å². The molecule has 1 aromatic carbocycles. The highest BCUT2D eigenvalue weighted by Gasteiger charge is 2.09. The number of carbonyl (C=O) groups excluding carboxylic acids is 1. The largest absolute Gasteiger partial charge is 0.324 e. The molecule has 1 heterocycles. The predicted octanol–water partition coefficient (Wildman–Crippen LogP) is 3.29. The Morgan fingerprint density at radius 2 is 2.24 bits per heavy atom. The molecule has 0 saturated heterocycles. The molecule has 0 aliphatic carbocycles. The van der Waals surface area contributed by atoms with Crippen molar-refractivity contribution in [2.24, 2.45) is 0 Å². The lowest BCUT2D eigenvalue weighted by atomic mass is 10.2. The minimum absolute atomic E-state index is 0.0783. The number of anilines is 1. The summed E-state index contributed by atoms with van der Waals surface area (Å²) in [6.45, 7) is 1.90. The summed E-state index contributed by atoms with van der Waals surface area (Å²) in [5.41, 5.74) is 3.29. The Kier molecular flexibility index (Phi) is 3.76. The van der Waals surface area contributed by atoms with Crippen molar-refractivity contribution >= 4 is 34.5 Å². The van der Waals surface area contributed by atoms with Crippen LogP contribution in [0.4, 0.5) is 5.69 Å². The molecule has 0 aliphatic heterocycles. The number of hydrogen-bond donors (Lipinski definition) is 1. The lowest BCUT2D eigenvalue weighted by molar-refractivity contribution is -0.115. The van der Waals surface area contributed by atoms with Crippen molar-refractivity contribution < 1.29 is 4.79 Å². The summed E-state index contributed by atoms with van der Waals surface area (Å²) < 4.78 is 0. The smallest absolute Gasteiger partial charge is 0.229 e. The van der Waals surface area contributed by atoms with E-state index in [-0.39, 0.29) is 5.91 Å². The maximum atomic E-state index is 11.8. The van der Waals surface area contributed by atoms with Crippen molar-refractivity contribution in [3.63, 3.8) is 0 Å². The number of carbonyl (C=O) groups is 1. The van der Waals surface area contributed by atoms with Gasteiger partial charge in [-0.25, -0.2) is 4.98 Å². The molecule has 2 aromatic rings. The fourth-order valence-corrected chi connectivity index (χ4v) is 2.36. The summed E-state index contributed by atoms with van der Waals surface area (Å²) in [5, 5.41) is 3.33. The molecular formula is C12H11ClN2OS. The molecule has 0 atom stereocenters. The third-order valence-electron chi connectivity index (χ3n) is 2.31. The zero-order chi connectivity index (χ0) is 12.3. The Labute approximate surface area is 108 Å². The van der Waals surface area contributed by atoms with Gasteiger partial charge in [0.2, 0.25) is 5.91 Å². The Balaban J connectivity index is 2.03. The van der Waals surface area contributed by atoms with E-state index in [9.17, 15) is 4.79 Å². The molecule has 2 rings (SSSR count). The number of nitrogens with one attached hydrogen (secondary N) is 1. The van der Waals surface area contributed by atoms with E-state index in [1.807, 2.05) is 19.1 Å². The Morgan fingerprint density at radius 1 is 1.47 bits per heavy atom. The maximum Gasteiger partial charge on any atom is 0.229 e. The van der Waals surface area contributed by atoms with Gasteiger partial charge in [-0.3, -0.25) is 4.79 Å². The number of thiazole rings is 1. The van der Waals surface area contributed by atoms with Gasteiger partial charge in [0.15, 0.2) is 0 Å². The van der Waals surface area contributed by atoms with Gasteiger partial charge in [-0.1, -0.05) is 23.7 Å². The molecular weight excluding hydrogens is 256 g/mol. The lowest BCUT2D eigenvalue weighted by Gasteiger charge is -2.06. The Bertz CT molecular complexity index is 539. The van der Waals surface area contributed by atoms with Crippen LogP contribution in [0, 0.1) is 6.92 Å². The quantitative estimate of drug-likeness (QED) is 0.926. The van der Waals surface area contributed by atoms with Crippen LogP contribution in [-0.4, -0.2) is 10.9 Å². The second-order valence-electron chi connectivity index (χ2n) is 3.57. The van der Waals surface area contributed by atoms with E-state index in [4.69, 9.17) is 11.6 Å². The van der Waals surface area contributed by atoms with Crippen LogP contribution in [0.1, 0.15) is 10.6 Å². The van der Waals surface area contributed by atoms with Crippen molar-refractivity contribution in [3.8, 4) is 0 Å². The second-order valence-corrected chi connectivity index (χ2v) is 4.91. The second kappa shape index (κ2) is 5.29. The van der Waals surface area contributed by atoms with E-state index < -0.39 is 0 Å². The van der Waals surface area contributed by atoms with Gasteiger partial charge < -0.3 is 5.32 Å². The van der Waals surface area contributed by atoms with Gasteiger partial charge in [-0.05, 0) is 19.1 Å². The standard InChI is InChI=1S/C12H11ClN2OS/c1-8-11(17-7-14-8)6-12(16)15-10-5-3-2-4-9(10)13/h2-5,7H,6H2,1H3,(H,15,16). The monoisotopic (exact) mass is 266 g/mol. The van der Waals surface area contributed by atoms with Crippen molar-refractivity contribution in [1.82, 2.24) is 4.98 Å². The topological polar surface area (TPSA) is 42.0 Å². The molecule has 3 nitrogen and oxygen atoms in total. The number of nitrogens with zero attached hydrogens (tertiary/aromatic N) is 1. The molecule has 0 radical (unpaired) electrons. The first-order valence-electron chi connectivity index (χ1n) is 5.10. The zero-order valence-corrected chi connectivity index (χ0v) is 10.8. The number of aromatic nitrogens is 1. The van der Waals surface area contributed by atoms with Crippen molar-refractivity contribution in [2.75, 3.05) is 5.32 Å². The summed E-state index contributed by atoms with van der Waals surface area (Å²) in [5.74, 6) is -0.0783. The number of rotatable bonds is 3. The van der Waals surface area contributed by atoms with Crippen LogP contribution >= 0.6 is 22.9 Å². The normalized spacial score (nSPS) is 10.2. The van der Waals surface area contributed by atoms with Crippen LogP contribution in [0.25, 0.3) is 0 Å². The van der Waals surface area contributed by atoms with E-state index in [0.29, 0.717) is 17.1 Å². The minimum atomic E-state index is -0.0783. The van der Waals surface area contributed by atoms with E-state index in [1.165, 1.54) is 11.3 Å². The van der Waals surface area contributed by atoms with Crippen molar-refractivity contribution in [3.05, 3.63) is 45.4 Å². The highest BCUT2D eigenvalue weighted by Crippen LogP contribution is 2.21. The lowest BCUT2D eigenvalue weighted by Crippen LogP contribution is -2.14. The molecule has 17 heavy (non-hydrogen) atoms. The number of benzene rings is 1. The number of aryl methyl sites for hydroxylation is 1. The molecule has 0 saturated carbocycles. The van der Waals surface area contributed by atoms with E-state index in [1.54, 1.807) is 17.6 Å². The van der Waals surface area contributed by atoms with Crippen LogP contribution in [0.2, 0.25) is 5.02 Å². The summed E-state index contributed by atoms with van der Waals surface area (Å²) in [6, 6.07) is 7.18. The van der Waals surface area contributed by atoms with E-state index in [0.717, 1.165) is 10.6 Å². The Hall–Kier alpha value is -1.39. The van der Waals surface area contributed by atoms with E-state index in [2.05, 4.69) is 10.3 Å². The molecule has 88 valence electrons. The molecule has 0 bridgehead atoms. The van der Waals surface area contributed by atoms with Gasteiger partial charge in [0.05, 0.1) is 28.3 Å². The molecule has 5 heteroatoms. The minimum Gasteiger partial charge on any atom is -0.324 e. The SMILES string of the molecule is Cc1ncsc1CC(=O)Nc1ccccc1Cl. The van der Waals surface area contributed by atoms with E-state index >= 15 is 0 Å². The summed E-state index contributed by atoms with van der Waals surface area (Å²) in [4.78, 5) is 16.9. The number of halogens is 1. The molecule has 1 N–H and O–H groups in total. The van der Waals surface area contributed by atoms with Gasteiger partial charge in [-0.15, -0.1) is 11.3 Å². The first-order chi connectivity index (χ1) is 8.16. The van der Waals surface area contributed by atoms with Crippen LogP contribution in [0.5, 0.6) is 0 Å². The molecule has 0 aliphatic rings. The number of hydrogen-bond acceptors (Lipinski definition) is 3. The first-order valence-corrected chi connectivity index (χ1v) is 6.36. The van der Waals surface area contributed by atoms with Gasteiger partial charge in [0, 0.05) is 4.88 Å². The van der Waals surface area contributed by atoms with Gasteiger partial charge in [0.1, 0.15) is 0 Å². The molecule has 1 amide bonds. The average molecular weight is 267 g/mol. The maximum absolute atomic E-state index is 11.8. The fourth-order valence-electron chi connectivity index (χ4n) is 1.40. The molecule has 1 aromatic heterocycles. The highest BCUT2D eigenvalue weighted by molar-refractivity contribution is 7.09. The summed E-state index contributed by atoms with van der Waals surface area (Å²) in [6.07, 6.45) is 0.335. The molecule has 0 fully saturated rings. The Morgan fingerprint density at radius 3 is 2.88 bits per heavy atom.